The highest BCUT2D eigenvalue weighted by atomic mass is 35.5. The van der Waals surface area contributed by atoms with E-state index in [1.807, 2.05) is 0 Å². The first-order valence-electron chi connectivity index (χ1n) is 7.24. The fraction of sp³-hybridized carbons (Fsp3) is 0.467. The Bertz CT molecular complexity index is 621. The number of amides is 2. The number of rotatable bonds is 3. The van der Waals surface area contributed by atoms with Crippen LogP contribution in [-0.2, 0) is 9.59 Å². The second kappa shape index (κ2) is 6.34. The van der Waals surface area contributed by atoms with Crippen molar-refractivity contribution >= 4 is 35.0 Å². The van der Waals surface area contributed by atoms with Gasteiger partial charge in [0.2, 0.25) is 11.8 Å². The molecular weight excluding hydrogens is 327 g/mol. The number of nitrogens with one attached hydrogen (secondary N) is 1. The van der Waals surface area contributed by atoms with Crippen LogP contribution in [0.25, 0.3) is 0 Å². The standard InChI is InChI=1S/C15H16Cl2N2O3/c16-10-5-4-9-11(8-22-15(9)14(10)17)18-12(20)7-19-6-2-1-3-13(19)21/h4-5,11H,1-3,6-8H2,(H,18,20)/t11-/m0/s1. The average molecular weight is 343 g/mol. The number of halogens is 2. The highest BCUT2D eigenvalue weighted by Crippen LogP contribution is 2.42. The number of benzene rings is 1. The van der Waals surface area contributed by atoms with Gasteiger partial charge in [-0.25, -0.2) is 0 Å². The molecule has 2 aliphatic heterocycles. The van der Waals surface area contributed by atoms with Crippen LogP contribution in [0, 0.1) is 0 Å². The maximum Gasteiger partial charge on any atom is 0.240 e. The number of nitrogens with zero attached hydrogens (tertiary/aromatic N) is 1. The molecule has 1 N–H and O–H groups in total. The summed E-state index contributed by atoms with van der Waals surface area (Å²) in [5.74, 6) is 0.371. The summed E-state index contributed by atoms with van der Waals surface area (Å²) in [7, 11) is 0. The van der Waals surface area contributed by atoms with Crippen LogP contribution in [0.15, 0.2) is 12.1 Å². The van der Waals surface area contributed by atoms with Gasteiger partial charge in [0.25, 0.3) is 0 Å². The Hall–Kier alpha value is -1.46. The van der Waals surface area contributed by atoms with E-state index < -0.39 is 0 Å². The van der Waals surface area contributed by atoms with Crippen molar-refractivity contribution in [3.63, 3.8) is 0 Å². The summed E-state index contributed by atoms with van der Waals surface area (Å²) in [6.07, 6.45) is 2.37. The van der Waals surface area contributed by atoms with E-state index >= 15 is 0 Å². The molecule has 1 aromatic carbocycles. The highest BCUT2D eigenvalue weighted by Gasteiger charge is 2.29. The van der Waals surface area contributed by atoms with Gasteiger partial charge in [-0.15, -0.1) is 0 Å². The molecule has 1 saturated heterocycles. The van der Waals surface area contributed by atoms with Gasteiger partial charge in [-0.1, -0.05) is 29.3 Å². The Morgan fingerprint density at radius 3 is 2.95 bits per heavy atom. The first-order chi connectivity index (χ1) is 10.6. The third-order valence-corrected chi connectivity index (χ3v) is 4.73. The van der Waals surface area contributed by atoms with E-state index in [1.54, 1.807) is 17.0 Å². The van der Waals surface area contributed by atoms with Gasteiger partial charge in [-0.2, -0.15) is 0 Å². The van der Waals surface area contributed by atoms with Crippen molar-refractivity contribution in [2.45, 2.75) is 25.3 Å². The molecule has 0 radical (unpaired) electrons. The van der Waals surface area contributed by atoms with E-state index in [1.165, 1.54) is 0 Å². The average Bonchev–Trinajstić information content (AvgIpc) is 2.89. The lowest BCUT2D eigenvalue weighted by Gasteiger charge is -2.26. The molecule has 3 rings (SSSR count). The molecule has 1 atom stereocenters. The first kappa shape index (κ1) is 15.4. The van der Waals surface area contributed by atoms with Gasteiger partial charge in [0.05, 0.1) is 17.6 Å². The quantitative estimate of drug-likeness (QED) is 0.918. The van der Waals surface area contributed by atoms with Crippen LogP contribution in [0.4, 0.5) is 0 Å². The molecule has 22 heavy (non-hydrogen) atoms. The summed E-state index contributed by atoms with van der Waals surface area (Å²) in [6.45, 7) is 1.05. The maximum absolute atomic E-state index is 12.2. The normalized spacial score (nSPS) is 20.5. The van der Waals surface area contributed by atoms with Gasteiger partial charge in [0.15, 0.2) is 0 Å². The molecule has 0 spiro atoms. The number of likely N-dealkylation sites (tertiary alicyclic amines) is 1. The Labute approximate surface area is 138 Å². The van der Waals surface area contributed by atoms with E-state index in [9.17, 15) is 9.59 Å². The first-order valence-corrected chi connectivity index (χ1v) is 7.99. The fourth-order valence-corrected chi connectivity index (χ4v) is 3.16. The van der Waals surface area contributed by atoms with Crippen LogP contribution in [0.5, 0.6) is 5.75 Å². The molecule has 118 valence electrons. The minimum absolute atomic E-state index is 0.0410. The molecular formula is C15H16Cl2N2O3. The molecule has 2 aliphatic rings. The Balaban J connectivity index is 1.64. The van der Waals surface area contributed by atoms with Crippen molar-refractivity contribution in [2.75, 3.05) is 19.7 Å². The van der Waals surface area contributed by atoms with Gasteiger partial charge >= 0.3 is 0 Å². The Morgan fingerprint density at radius 2 is 2.18 bits per heavy atom. The molecule has 0 aliphatic carbocycles. The predicted molar refractivity (Wildman–Crippen MR) is 83.3 cm³/mol. The molecule has 2 heterocycles. The summed E-state index contributed by atoms with van der Waals surface area (Å²) in [4.78, 5) is 25.5. The minimum atomic E-state index is -0.267. The second-order valence-electron chi connectivity index (χ2n) is 5.48. The number of ether oxygens (including phenoxy) is 1. The lowest BCUT2D eigenvalue weighted by atomic mass is 10.1. The van der Waals surface area contributed by atoms with Crippen LogP contribution < -0.4 is 10.1 Å². The molecule has 7 heteroatoms. The summed E-state index contributed by atoms with van der Waals surface area (Å²) in [5.41, 5.74) is 0.813. The smallest absolute Gasteiger partial charge is 0.240 e. The molecule has 0 bridgehead atoms. The van der Waals surface area contributed by atoms with Crippen molar-refractivity contribution < 1.29 is 14.3 Å². The monoisotopic (exact) mass is 342 g/mol. The zero-order chi connectivity index (χ0) is 15.7. The third kappa shape index (κ3) is 3.01. The fourth-order valence-electron chi connectivity index (χ4n) is 2.79. The molecule has 0 unspecified atom stereocenters. The number of carbonyl (C=O) groups excluding carboxylic acids is 2. The minimum Gasteiger partial charge on any atom is -0.489 e. The van der Waals surface area contributed by atoms with Crippen LogP contribution in [0.3, 0.4) is 0 Å². The zero-order valence-electron chi connectivity index (χ0n) is 11.9. The van der Waals surface area contributed by atoms with Crippen molar-refractivity contribution in [2.24, 2.45) is 0 Å². The molecule has 1 fully saturated rings. The number of piperidine rings is 1. The van der Waals surface area contributed by atoms with Gasteiger partial charge in [-0.05, 0) is 18.9 Å². The number of fused-ring (bicyclic) bond motifs is 1. The van der Waals surface area contributed by atoms with Gasteiger partial charge < -0.3 is 15.0 Å². The van der Waals surface area contributed by atoms with E-state index in [2.05, 4.69) is 5.32 Å². The third-order valence-electron chi connectivity index (χ3n) is 3.94. The summed E-state index contributed by atoms with van der Waals surface area (Å²) in [6, 6.07) is 3.22. The molecule has 0 aromatic heterocycles. The highest BCUT2D eigenvalue weighted by molar-refractivity contribution is 6.43. The lowest BCUT2D eigenvalue weighted by Crippen LogP contribution is -2.44. The zero-order valence-corrected chi connectivity index (χ0v) is 13.4. The van der Waals surface area contributed by atoms with Crippen molar-refractivity contribution in [3.8, 4) is 5.75 Å². The van der Waals surface area contributed by atoms with E-state index in [4.69, 9.17) is 27.9 Å². The van der Waals surface area contributed by atoms with Crippen molar-refractivity contribution in [1.82, 2.24) is 10.2 Å². The summed E-state index contributed by atoms with van der Waals surface area (Å²) < 4.78 is 5.52. The van der Waals surface area contributed by atoms with Gasteiger partial charge in [-0.3, -0.25) is 9.59 Å². The molecule has 2 amide bonds. The lowest BCUT2D eigenvalue weighted by molar-refractivity contribution is -0.138. The van der Waals surface area contributed by atoms with E-state index in [0.717, 1.165) is 18.4 Å². The van der Waals surface area contributed by atoms with E-state index in [-0.39, 0.29) is 24.4 Å². The van der Waals surface area contributed by atoms with Crippen LogP contribution >= 0.6 is 23.2 Å². The molecule has 0 saturated carbocycles. The number of carbonyl (C=O) groups is 2. The topological polar surface area (TPSA) is 58.6 Å². The number of hydrogen-bond donors (Lipinski definition) is 1. The van der Waals surface area contributed by atoms with Crippen molar-refractivity contribution in [1.29, 1.82) is 0 Å². The summed E-state index contributed by atoms with van der Waals surface area (Å²) in [5, 5.41) is 3.68. The largest absolute Gasteiger partial charge is 0.489 e. The maximum atomic E-state index is 12.2. The van der Waals surface area contributed by atoms with Gasteiger partial charge in [0.1, 0.15) is 17.4 Å². The molecule has 5 nitrogen and oxygen atoms in total. The van der Waals surface area contributed by atoms with Crippen LogP contribution in [0.2, 0.25) is 10.0 Å². The van der Waals surface area contributed by atoms with Crippen molar-refractivity contribution in [3.05, 3.63) is 27.7 Å². The van der Waals surface area contributed by atoms with E-state index in [0.29, 0.717) is 35.4 Å². The second-order valence-corrected chi connectivity index (χ2v) is 6.27. The predicted octanol–water partition coefficient (Wildman–Crippen LogP) is 2.56. The Morgan fingerprint density at radius 1 is 1.36 bits per heavy atom. The van der Waals surface area contributed by atoms with Gasteiger partial charge in [0, 0.05) is 18.5 Å². The Kier molecular flexibility index (Phi) is 4.45. The SMILES string of the molecule is O=C(CN1CCCCC1=O)N[C@H]1COc2c1ccc(Cl)c2Cl. The number of hydrogen-bond acceptors (Lipinski definition) is 3. The van der Waals surface area contributed by atoms with Crippen LogP contribution in [0.1, 0.15) is 30.9 Å². The summed E-state index contributed by atoms with van der Waals surface area (Å²) >= 11 is 12.0. The van der Waals surface area contributed by atoms with Crippen LogP contribution in [-0.4, -0.2) is 36.4 Å². The molecule has 1 aromatic rings.